The van der Waals surface area contributed by atoms with Crippen LogP contribution in [0.5, 0.6) is 0 Å². The molecule has 4 saturated carbocycles. The molecule has 0 spiro atoms. The highest BCUT2D eigenvalue weighted by atomic mass is 16.5. The van der Waals surface area contributed by atoms with Crippen LogP contribution in [0.4, 0.5) is 0 Å². The van der Waals surface area contributed by atoms with Crippen molar-refractivity contribution in [1.29, 1.82) is 0 Å². The Hall–Kier alpha value is -0.790. The Labute approximate surface area is 153 Å². The summed E-state index contributed by atoms with van der Waals surface area (Å²) < 4.78 is 6.14. The standard InChI is InChI=1S/C23H36O2/c1-14(17-12-15-8-10-22(17,6)20(15,2)3)19(24)25-18-13-16-9-11-23(18,7)21(16,4)5/h15-18H,1,8-13H2,2-7H3/t15-,16-,17?,18?,22-,23-/m1/s1. The molecule has 4 fully saturated rings. The Kier molecular flexibility index (Phi) is 3.47. The van der Waals surface area contributed by atoms with Crippen molar-refractivity contribution >= 4 is 5.97 Å². The Morgan fingerprint density at radius 1 is 0.880 bits per heavy atom. The molecule has 4 aliphatic carbocycles. The minimum atomic E-state index is -0.107. The monoisotopic (exact) mass is 344 g/mol. The first-order chi connectivity index (χ1) is 11.4. The van der Waals surface area contributed by atoms with E-state index in [-0.39, 0.29) is 28.3 Å². The third-order valence-corrected chi connectivity index (χ3v) is 10.4. The van der Waals surface area contributed by atoms with Crippen LogP contribution < -0.4 is 0 Å². The van der Waals surface area contributed by atoms with Crippen LogP contribution in [0.2, 0.25) is 0 Å². The molecule has 0 N–H and O–H groups in total. The normalized spacial score (nSPS) is 48.7. The van der Waals surface area contributed by atoms with Crippen LogP contribution in [-0.4, -0.2) is 12.1 Å². The van der Waals surface area contributed by atoms with Crippen molar-refractivity contribution in [1.82, 2.24) is 0 Å². The summed E-state index contributed by atoms with van der Waals surface area (Å²) in [6, 6.07) is 0. The van der Waals surface area contributed by atoms with Crippen molar-refractivity contribution in [3.05, 3.63) is 12.2 Å². The van der Waals surface area contributed by atoms with Gasteiger partial charge in [-0.05, 0) is 72.5 Å². The molecule has 4 rings (SSSR count). The van der Waals surface area contributed by atoms with Crippen molar-refractivity contribution in [3.8, 4) is 0 Å². The van der Waals surface area contributed by atoms with Crippen LogP contribution in [0.25, 0.3) is 0 Å². The summed E-state index contributed by atoms with van der Waals surface area (Å²) in [6.07, 6.45) is 7.23. The minimum Gasteiger partial charge on any atom is -0.458 e. The fourth-order valence-corrected chi connectivity index (χ4v) is 7.39. The van der Waals surface area contributed by atoms with Crippen LogP contribution in [0, 0.1) is 39.4 Å². The molecule has 0 aromatic carbocycles. The highest BCUT2D eigenvalue weighted by Gasteiger charge is 2.64. The topological polar surface area (TPSA) is 26.3 Å². The fraction of sp³-hybridized carbons (Fsp3) is 0.870. The van der Waals surface area contributed by atoms with E-state index < -0.39 is 0 Å². The summed E-state index contributed by atoms with van der Waals surface area (Å²) in [7, 11) is 0. The summed E-state index contributed by atoms with van der Waals surface area (Å²) in [6.45, 7) is 18.5. The second kappa shape index (κ2) is 4.93. The van der Waals surface area contributed by atoms with E-state index >= 15 is 0 Å². The van der Waals surface area contributed by atoms with Crippen LogP contribution in [0.15, 0.2) is 12.2 Å². The molecular weight excluding hydrogens is 308 g/mol. The maximum absolute atomic E-state index is 13.0. The summed E-state index contributed by atoms with van der Waals surface area (Å²) in [5, 5.41) is 0. The smallest absolute Gasteiger partial charge is 0.333 e. The maximum Gasteiger partial charge on any atom is 0.333 e. The van der Waals surface area contributed by atoms with Gasteiger partial charge in [-0.25, -0.2) is 4.79 Å². The second-order valence-electron chi connectivity index (χ2n) is 11.2. The highest BCUT2D eigenvalue weighted by molar-refractivity contribution is 5.89. The Morgan fingerprint density at radius 2 is 1.40 bits per heavy atom. The lowest BCUT2D eigenvalue weighted by Crippen LogP contribution is -2.40. The second-order valence-corrected chi connectivity index (χ2v) is 11.2. The van der Waals surface area contributed by atoms with Gasteiger partial charge in [-0.15, -0.1) is 0 Å². The Bertz CT molecular complexity index is 630. The van der Waals surface area contributed by atoms with E-state index in [9.17, 15) is 4.79 Å². The molecule has 0 saturated heterocycles. The van der Waals surface area contributed by atoms with E-state index in [1.807, 2.05) is 0 Å². The predicted octanol–water partition coefficient (Wildman–Crippen LogP) is 5.76. The molecule has 140 valence electrons. The van der Waals surface area contributed by atoms with Crippen molar-refractivity contribution in [2.24, 2.45) is 39.4 Å². The summed E-state index contributed by atoms with van der Waals surface area (Å²) in [5.41, 5.74) is 1.67. The van der Waals surface area contributed by atoms with E-state index in [4.69, 9.17) is 4.74 Å². The van der Waals surface area contributed by atoms with Gasteiger partial charge in [-0.3, -0.25) is 0 Å². The lowest BCUT2D eigenvalue weighted by atomic mass is 9.65. The predicted molar refractivity (Wildman–Crippen MR) is 101 cm³/mol. The van der Waals surface area contributed by atoms with Gasteiger partial charge in [0.25, 0.3) is 0 Å². The average molecular weight is 345 g/mol. The number of carbonyl (C=O) groups excluding carboxylic acids is 1. The van der Waals surface area contributed by atoms with Gasteiger partial charge >= 0.3 is 5.97 Å². The molecule has 2 unspecified atom stereocenters. The summed E-state index contributed by atoms with van der Waals surface area (Å²) >= 11 is 0. The van der Waals surface area contributed by atoms with Crippen LogP contribution in [-0.2, 0) is 9.53 Å². The highest BCUT2D eigenvalue weighted by Crippen LogP contribution is 2.70. The molecule has 0 amide bonds. The van der Waals surface area contributed by atoms with Crippen molar-refractivity contribution < 1.29 is 9.53 Å². The zero-order valence-electron chi connectivity index (χ0n) is 17.1. The lowest BCUT2D eigenvalue weighted by molar-refractivity contribution is -0.153. The number of esters is 1. The van der Waals surface area contributed by atoms with Crippen LogP contribution in [0.3, 0.4) is 0 Å². The minimum absolute atomic E-state index is 0.0740. The Morgan fingerprint density at radius 3 is 1.80 bits per heavy atom. The van der Waals surface area contributed by atoms with Gasteiger partial charge in [-0.1, -0.05) is 48.1 Å². The molecule has 4 aliphatic rings. The van der Waals surface area contributed by atoms with Crippen molar-refractivity contribution in [2.45, 2.75) is 86.2 Å². The van der Waals surface area contributed by atoms with Gasteiger partial charge in [0.15, 0.2) is 0 Å². The lowest BCUT2D eigenvalue weighted by Gasteiger charge is -2.41. The molecule has 2 nitrogen and oxygen atoms in total. The fourth-order valence-electron chi connectivity index (χ4n) is 7.39. The van der Waals surface area contributed by atoms with Gasteiger partial charge in [0.2, 0.25) is 0 Å². The molecule has 0 aromatic rings. The zero-order valence-corrected chi connectivity index (χ0v) is 17.1. The Balaban J connectivity index is 1.49. The third-order valence-electron chi connectivity index (χ3n) is 10.4. The number of carbonyl (C=O) groups is 1. The largest absolute Gasteiger partial charge is 0.458 e. The van der Waals surface area contributed by atoms with E-state index in [1.165, 1.54) is 25.7 Å². The van der Waals surface area contributed by atoms with Gasteiger partial charge in [0.1, 0.15) is 6.10 Å². The quantitative estimate of drug-likeness (QED) is 0.480. The molecule has 0 aromatic heterocycles. The maximum atomic E-state index is 13.0. The first kappa shape index (κ1) is 17.6. The molecule has 6 atom stereocenters. The number of hydrogen-bond acceptors (Lipinski definition) is 2. The van der Waals surface area contributed by atoms with E-state index in [0.29, 0.717) is 17.3 Å². The zero-order chi connectivity index (χ0) is 18.4. The molecule has 0 heterocycles. The summed E-state index contributed by atoms with van der Waals surface area (Å²) in [4.78, 5) is 13.0. The van der Waals surface area contributed by atoms with E-state index in [2.05, 4.69) is 48.1 Å². The van der Waals surface area contributed by atoms with Crippen molar-refractivity contribution in [2.75, 3.05) is 0 Å². The number of rotatable bonds is 3. The van der Waals surface area contributed by atoms with Crippen molar-refractivity contribution in [3.63, 3.8) is 0 Å². The molecule has 0 radical (unpaired) electrons. The number of hydrogen-bond donors (Lipinski definition) is 0. The molecule has 0 aliphatic heterocycles. The third kappa shape index (κ3) is 1.95. The summed E-state index contributed by atoms with van der Waals surface area (Å²) in [5.74, 6) is 1.62. The van der Waals surface area contributed by atoms with Gasteiger partial charge in [0, 0.05) is 11.0 Å². The average Bonchev–Trinajstić information content (AvgIpc) is 3.05. The molecule has 2 heteroatoms. The van der Waals surface area contributed by atoms with Gasteiger partial charge < -0.3 is 4.74 Å². The van der Waals surface area contributed by atoms with Crippen LogP contribution in [0.1, 0.15) is 80.1 Å². The molecule has 4 bridgehead atoms. The molecular formula is C23H36O2. The van der Waals surface area contributed by atoms with Gasteiger partial charge in [0.05, 0.1) is 0 Å². The molecule has 25 heavy (non-hydrogen) atoms. The SMILES string of the molecule is C=C(C(=O)OC1C[C@H]2CC[C@@]1(C)C2(C)C)C1C[C@H]2CC[C@@]1(C)C2(C)C. The first-order valence-corrected chi connectivity index (χ1v) is 10.3. The van der Waals surface area contributed by atoms with E-state index in [1.54, 1.807) is 0 Å². The number of fused-ring (bicyclic) bond motifs is 4. The number of ether oxygens (including phenoxy) is 1. The van der Waals surface area contributed by atoms with Gasteiger partial charge in [-0.2, -0.15) is 0 Å². The van der Waals surface area contributed by atoms with E-state index in [0.717, 1.165) is 24.3 Å². The first-order valence-electron chi connectivity index (χ1n) is 10.3. The van der Waals surface area contributed by atoms with Crippen LogP contribution >= 0.6 is 0 Å².